The maximum Gasteiger partial charge on any atom is 0.224 e. The average Bonchev–Trinajstić information content (AvgIpc) is 2.85. The van der Waals surface area contributed by atoms with Crippen molar-refractivity contribution in [1.82, 2.24) is 10.2 Å². The van der Waals surface area contributed by atoms with E-state index in [2.05, 4.69) is 63.6 Å². The molecule has 0 radical (unpaired) electrons. The van der Waals surface area contributed by atoms with E-state index < -0.39 is 0 Å². The third-order valence-corrected chi connectivity index (χ3v) is 6.01. The van der Waals surface area contributed by atoms with Crippen molar-refractivity contribution in [3.63, 3.8) is 0 Å². The molecule has 0 aromatic heterocycles. The molecule has 0 atom stereocenters. The first kappa shape index (κ1) is 21.9. The van der Waals surface area contributed by atoms with Gasteiger partial charge in [0.2, 0.25) is 5.91 Å². The van der Waals surface area contributed by atoms with E-state index in [1.165, 1.54) is 16.8 Å². The minimum Gasteiger partial charge on any atom is -0.497 e. The molecule has 3 aromatic rings. The molecular weight excluding hydrogens is 398 g/mol. The van der Waals surface area contributed by atoms with E-state index in [0.29, 0.717) is 13.0 Å². The molecule has 1 N–H and O–H groups in total. The Bertz CT molecular complexity index is 997. The minimum atomic E-state index is 0.0291. The highest BCUT2D eigenvalue weighted by Gasteiger charge is 2.18. The molecule has 0 unspecified atom stereocenters. The number of para-hydroxylation sites is 1. The fraction of sp³-hybridized carbons (Fsp3) is 0.296. The van der Waals surface area contributed by atoms with Gasteiger partial charge in [0, 0.05) is 45.0 Å². The van der Waals surface area contributed by atoms with Crippen LogP contribution in [0, 0.1) is 0 Å². The average molecular weight is 430 g/mol. The third-order valence-electron chi connectivity index (χ3n) is 6.01. The number of benzene rings is 3. The lowest BCUT2D eigenvalue weighted by Crippen LogP contribution is -2.46. The predicted octanol–water partition coefficient (Wildman–Crippen LogP) is 3.88. The van der Waals surface area contributed by atoms with Crippen molar-refractivity contribution in [2.24, 2.45) is 0 Å². The van der Waals surface area contributed by atoms with Crippen LogP contribution in [-0.2, 0) is 24.3 Å². The molecule has 1 fully saturated rings. The number of methoxy groups -OCH3 is 1. The number of ether oxygens (including phenoxy) is 1. The Balaban J connectivity index is 1.28. The molecule has 1 aliphatic rings. The lowest BCUT2D eigenvalue weighted by molar-refractivity contribution is -0.120. The van der Waals surface area contributed by atoms with E-state index in [1.807, 2.05) is 30.3 Å². The van der Waals surface area contributed by atoms with Crippen molar-refractivity contribution >= 4 is 11.6 Å². The number of hydrogen-bond donors (Lipinski definition) is 1. The van der Waals surface area contributed by atoms with Crippen molar-refractivity contribution in [2.75, 3.05) is 38.2 Å². The molecule has 0 aliphatic carbocycles. The highest BCUT2D eigenvalue weighted by atomic mass is 16.5. The van der Waals surface area contributed by atoms with Crippen LogP contribution in [0.15, 0.2) is 78.9 Å². The van der Waals surface area contributed by atoms with E-state index in [4.69, 9.17) is 4.74 Å². The first-order chi connectivity index (χ1) is 15.7. The number of hydrogen-bond acceptors (Lipinski definition) is 4. The summed E-state index contributed by atoms with van der Waals surface area (Å²) in [5.41, 5.74) is 4.74. The molecule has 3 aromatic carbocycles. The lowest BCUT2D eigenvalue weighted by atomic mass is 10.1. The van der Waals surface area contributed by atoms with Crippen molar-refractivity contribution in [1.29, 1.82) is 0 Å². The van der Waals surface area contributed by atoms with Crippen LogP contribution in [-0.4, -0.2) is 44.1 Å². The molecule has 1 saturated heterocycles. The van der Waals surface area contributed by atoms with Gasteiger partial charge < -0.3 is 15.0 Å². The summed E-state index contributed by atoms with van der Waals surface area (Å²) in [5.74, 6) is 0.828. The maximum absolute atomic E-state index is 12.5. The zero-order chi connectivity index (χ0) is 22.2. The van der Waals surface area contributed by atoms with Crippen LogP contribution >= 0.6 is 0 Å². The Labute approximate surface area is 190 Å². The van der Waals surface area contributed by atoms with Gasteiger partial charge >= 0.3 is 0 Å². The summed E-state index contributed by atoms with van der Waals surface area (Å²) in [6.45, 7) is 5.60. The number of rotatable bonds is 8. The summed E-state index contributed by atoms with van der Waals surface area (Å²) in [4.78, 5) is 17.4. The molecule has 4 rings (SSSR count). The molecule has 5 heteroatoms. The van der Waals surface area contributed by atoms with Crippen LogP contribution in [0.1, 0.15) is 16.7 Å². The van der Waals surface area contributed by atoms with Gasteiger partial charge in [0.05, 0.1) is 13.5 Å². The van der Waals surface area contributed by atoms with Gasteiger partial charge in [-0.1, -0.05) is 54.6 Å². The smallest absolute Gasteiger partial charge is 0.224 e. The number of carbonyl (C=O) groups is 1. The summed E-state index contributed by atoms with van der Waals surface area (Å²) in [5, 5.41) is 3.09. The Morgan fingerprint density at radius 1 is 0.844 bits per heavy atom. The van der Waals surface area contributed by atoms with Gasteiger partial charge in [-0.3, -0.25) is 9.69 Å². The molecule has 32 heavy (non-hydrogen) atoms. The van der Waals surface area contributed by atoms with Crippen LogP contribution in [0.3, 0.4) is 0 Å². The van der Waals surface area contributed by atoms with E-state index >= 15 is 0 Å². The highest BCUT2D eigenvalue weighted by Crippen LogP contribution is 2.18. The Morgan fingerprint density at radius 3 is 2.19 bits per heavy atom. The molecule has 5 nitrogen and oxygen atoms in total. The Kier molecular flexibility index (Phi) is 7.41. The summed E-state index contributed by atoms with van der Waals surface area (Å²) in [6.07, 6.45) is 0.369. The van der Waals surface area contributed by atoms with Crippen molar-refractivity contribution in [2.45, 2.75) is 19.5 Å². The van der Waals surface area contributed by atoms with E-state index in [9.17, 15) is 4.79 Å². The van der Waals surface area contributed by atoms with Gasteiger partial charge in [0.1, 0.15) is 5.75 Å². The lowest BCUT2D eigenvalue weighted by Gasteiger charge is -2.36. The monoisotopic (exact) mass is 429 g/mol. The first-order valence-corrected chi connectivity index (χ1v) is 11.2. The largest absolute Gasteiger partial charge is 0.497 e. The zero-order valence-electron chi connectivity index (χ0n) is 18.7. The Morgan fingerprint density at radius 2 is 1.50 bits per heavy atom. The second kappa shape index (κ2) is 10.8. The third kappa shape index (κ3) is 5.89. The summed E-state index contributed by atoms with van der Waals surface area (Å²) >= 11 is 0. The van der Waals surface area contributed by atoms with Crippen LogP contribution in [0.2, 0.25) is 0 Å². The van der Waals surface area contributed by atoms with Crippen molar-refractivity contribution in [3.05, 3.63) is 95.6 Å². The van der Waals surface area contributed by atoms with Crippen molar-refractivity contribution < 1.29 is 9.53 Å². The minimum absolute atomic E-state index is 0.0291. The van der Waals surface area contributed by atoms with Gasteiger partial charge in [0.25, 0.3) is 0 Å². The SMILES string of the molecule is COc1ccc(CC(=O)NCc2ccccc2CN2CCN(c3ccccc3)CC2)cc1. The Hall–Kier alpha value is -3.31. The number of piperazine rings is 1. The highest BCUT2D eigenvalue weighted by molar-refractivity contribution is 5.78. The molecule has 0 saturated carbocycles. The number of anilines is 1. The van der Waals surface area contributed by atoms with E-state index in [-0.39, 0.29) is 5.91 Å². The fourth-order valence-corrected chi connectivity index (χ4v) is 4.11. The zero-order valence-corrected chi connectivity index (χ0v) is 18.7. The van der Waals surface area contributed by atoms with Gasteiger partial charge in [-0.15, -0.1) is 0 Å². The molecule has 166 valence electrons. The molecule has 0 spiro atoms. The maximum atomic E-state index is 12.5. The predicted molar refractivity (Wildman–Crippen MR) is 129 cm³/mol. The molecule has 0 bridgehead atoms. The van der Waals surface area contributed by atoms with Gasteiger partial charge in [-0.25, -0.2) is 0 Å². The van der Waals surface area contributed by atoms with Crippen LogP contribution < -0.4 is 15.0 Å². The molecule has 1 heterocycles. The first-order valence-electron chi connectivity index (χ1n) is 11.2. The summed E-state index contributed by atoms with van der Waals surface area (Å²) < 4.78 is 5.18. The van der Waals surface area contributed by atoms with Crippen LogP contribution in [0.4, 0.5) is 5.69 Å². The molecule has 1 aliphatic heterocycles. The number of amides is 1. The van der Waals surface area contributed by atoms with Gasteiger partial charge in [-0.2, -0.15) is 0 Å². The summed E-state index contributed by atoms with van der Waals surface area (Å²) in [7, 11) is 1.64. The second-order valence-corrected chi connectivity index (χ2v) is 8.17. The van der Waals surface area contributed by atoms with Gasteiger partial charge in [0.15, 0.2) is 0 Å². The van der Waals surface area contributed by atoms with Crippen LogP contribution in [0.25, 0.3) is 0 Å². The number of nitrogens with one attached hydrogen (secondary N) is 1. The molecular formula is C27H31N3O2. The number of nitrogens with zero attached hydrogens (tertiary/aromatic N) is 2. The molecule has 1 amide bonds. The van der Waals surface area contributed by atoms with E-state index in [0.717, 1.165) is 44.0 Å². The quantitative estimate of drug-likeness (QED) is 0.590. The summed E-state index contributed by atoms with van der Waals surface area (Å²) in [6, 6.07) is 26.7. The second-order valence-electron chi connectivity index (χ2n) is 8.17. The van der Waals surface area contributed by atoms with E-state index in [1.54, 1.807) is 7.11 Å². The van der Waals surface area contributed by atoms with Crippen molar-refractivity contribution in [3.8, 4) is 5.75 Å². The normalized spacial score (nSPS) is 14.2. The van der Waals surface area contributed by atoms with Gasteiger partial charge in [-0.05, 0) is 41.0 Å². The topological polar surface area (TPSA) is 44.8 Å². The standard InChI is InChI=1S/C27H31N3O2/c1-32-26-13-11-22(12-14-26)19-27(31)28-20-23-7-5-6-8-24(23)21-29-15-17-30(18-16-29)25-9-3-2-4-10-25/h2-14H,15-21H2,1H3,(H,28,31). The number of carbonyl (C=O) groups excluding carboxylic acids is 1. The van der Waals surface area contributed by atoms with Crippen LogP contribution in [0.5, 0.6) is 5.75 Å². The fourth-order valence-electron chi connectivity index (χ4n) is 4.11.